The SMILES string of the molecule is CN(C)CCCNC(=O)[C@]1(Cc2ccccc2N=[N+]=[N-])N=C(c2ccc(OCCCO)cc2)O[C@@H]1c1ccc(Br)cc1. The number of aliphatic hydroxyl groups is 1. The molecule has 1 amide bonds. The monoisotopic (exact) mass is 634 g/mol. The maximum Gasteiger partial charge on any atom is 0.252 e. The van der Waals surface area contributed by atoms with Crippen LogP contribution in [0.5, 0.6) is 5.75 Å². The quantitative estimate of drug-likeness (QED) is 0.101. The van der Waals surface area contributed by atoms with Crippen LogP contribution < -0.4 is 10.1 Å². The zero-order valence-corrected chi connectivity index (χ0v) is 25.3. The zero-order chi connectivity index (χ0) is 30.0. The van der Waals surface area contributed by atoms with Crippen molar-refractivity contribution in [2.45, 2.75) is 30.9 Å². The number of azide groups is 1. The number of benzene rings is 3. The third-order valence-electron chi connectivity index (χ3n) is 6.87. The summed E-state index contributed by atoms with van der Waals surface area (Å²) in [5.74, 6) is 0.710. The highest BCUT2D eigenvalue weighted by atomic mass is 79.9. The Hall–Kier alpha value is -3.89. The molecule has 0 unspecified atom stereocenters. The Kier molecular flexibility index (Phi) is 11.0. The molecular formula is C31H35BrN6O4. The lowest BCUT2D eigenvalue weighted by Crippen LogP contribution is -2.50. The van der Waals surface area contributed by atoms with Gasteiger partial charge in [0.1, 0.15) is 5.75 Å². The third-order valence-corrected chi connectivity index (χ3v) is 7.40. The number of nitrogens with zero attached hydrogens (tertiary/aromatic N) is 5. The molecule has 3 aromatic carbocycles. The summed E-state index contributed by atoms with van der Waals surface area (Å²) in [5, 5.41) is 16.0. The number of ether oxygens (including phenoxy) is 2. The Morgan fingerprint density at radius 2 is 1.88 bits per heavy atom. The molecule has 2 N–H and O–H groups in total. The van der Waals surface area contributed by atoms with E-state index >= 15 is 0 Å². The summed E-state index contributed by atoms with van der Waals surface area (Å²) >= 11 is 3.50. The van der Waals surface area contributed by atoms with Crippen LogP contribution in [0, 0.1) is 0 Å². The average Bonchev–Trinajstić information content (AvgIpc) is 3.37. The van der Waals surface area contributed by atoms with Gasteiger partial charge >= 0.3 is 0 Å². The predicted octanol–water partition coefficient (Wildman–Crippen LogP) is 5.72. The number of nitrogens with one attached hydrogen (secondary N) is 1. The van der Waals surface area contributed by atoms with E-state index in [2.05, 4.69) is 36.2 Å². The molecule has 0 fully saturated rings. The van der Waals surface area contributed by atoms with Crippen LogP contribution in [-0.2, 0) is 16.0 Å². The van der Waals surface area contributed by atoms with Gasteiger partial charge in [-0.15, -0.1) is 0 Å². The molecule has 1 heterocycles. The number of aliphatic hydroxyl groups excluding tert-OH is 1. The molecule has 4 rings (SSSR count). The predicted molar refractivity (Wildman–Crippen MR) is 166 cm³/mol. The highest BCUT2D eigenvalue weighted by Gasteiger charge is 2.53. The number of hydrogen-bond donors (Lipinski definition) is 2. The lowest BCUT2D eigenvalue weighted by atomic mass is 9.81. The van der Waals surface area contributed by atoms with Gasteiger partial charge in [0.2, 0.25) is 5.90 Å². The molecule has 3 aromatic rings. The first-order valence-electron chi connectivity index (χ1n) is 13.8. The summed E-state index contributed by atoms with van der Waals surface area (Å²) in [5.41, 5.74) is 10.4. The van der Waals surface area contributed by atoms with E-state index in [1.807, 2.05) is 74.8 Å². The van der Waals surface area contributed by atoms with Gasteiger partial charge in [0.15, 0.2) is 11.6 Å². The number of carbonyl (C=O) groups is 1. The minimum Gasteiger partial charge on any atom is -0.494 e. The van der Waals surface area contributed by atoms with Crippen molar-refractivity contribution < 1.29 is 19.4 Å². The second-order valence-electron chi connectivity index (χ2n) is 10.2. The number of carbonyl (C=O) groups excluding carboxylic acids is 1. The Labute approximate surface area is 254 Å². The van der Waals surface area contributed by atoms with Crippen molar-refractivity contribution in [2.75, 3.05) is 40.4 Å². The summed E-state index contributed by atoms with van der Waals surface area (Å²) in [6.07, 6.45) is 0.695. The number of aliphatic imine (C=N–C) groups is 1. The summed E-state index contributed by atoms with van der Waals surface area (Å²) in [4.78, 5) is 24.3. The third kappa shape index (κ3) is 7.68. The Balaban J connectivity index is 1.78. The van der Waals surface area contributed by atoms with Crippen LogP contribution in [0.1, 0.15) is 35.6 Å². The number of amides is 1. The standard InChI is InChI=1S/C31H35BrN6O4/c1-38(2)18-5-17-34-30(40)31(21-24-7-3-4-8-27(24)36-37-33)28(22-9-13-25(32)14-10-22)42-29(35-31)23-11-15-26(16-12-23)41-20-6-19-39/h3-4,7-16,28,39H,5-6,17-21H2,1-2H3,(H,34,40)/t28-,31-/m1/s1. The summed E-state index contributed by atoms with van der Waals surface area (Å²) in [6.45, 7) is 1.75. The number of rotatable bonds is 14. The van der Waals surface area contributed by atoms with Crippen LogP contribution in [0.15, 0.2) is 87.4 Å². The van der Waals surface area contributed by atoms with E-state index in [4.69, 9.17) is 19.6 Å². The van der Waals surface area contributed by atoms with Crippen molar-refractivity contribution in [1.29, 1.82) is 0 Å². The van der Waals surface area contributed by atoms with Crippen LogP contribution in [0.25, 0.3) is 10.4 Å². The van der Waals surface area contributed by atoms with E-state index in [1.165, 1.54) is 0 Å². The maximum absolute atomic E-state index is 14.2. The van der Waals surface area contributed by atoms with Crippen molar-refractivity contribution in [2.24, 2.45) is 10.1 Å². The van der Waals surface area contributed by atoms with Gasteiger partial charge in [0.05, 0.1) is 6.61 Å². The minimum absolute atomic E-state index is 0.0578. The zero-order valence-electron chi connectivity index (χ0n) is 23.7. The Bertz CT molecular complexity index is 1420. The summed E-state index contributed by atoms with van der Waals surface area (Å²) in [6, 6.07) is 22.1. The van der Waals surface area contributed by atoms with Crippen molar-refractivity contribution in [3.05, 3.63) is 104 Å². The lowest BCUT2D eigenvalue weighted by molar-refractivity contribution is -0.128. The molecule has 1 aliphatic rings. The summed E-state index contributed by atoms with van der Waals surface area (Å²) in [7, 11) is 3.98. The van der Waals surface area contributed by atoms with E-state index in [-0.39, 0.29) is 18.9 Å². The van der Waals surface area contributed by atoms with Gasteiger partial charge in [-0.05, 0) is 80.1 Å². The van der Waals surface area contributed by atoms with E-state index in [1.54, 1.807) is 12.1 Å². The topological polar surface area (TPSA) is 132 Å². The van der Waals surface area contributed by atoms with Gasteiger partial charge in [0, 0.05) is 46.6 Å². The molecule has 0 bridgehead atoms. The Morgan fingerprint density at radius 3 is 2.57 bits per heavy atom. The van der Waals surface area contributed by atoms with E-state index in [9.17, 15) is 10.3 Å². The fourth-order valence-corrected chi connectivity index (χ4v) is 5.03. The van der Waals surface area contributed by atoms with Gasteiger partial charge in [-0.1, -0.05) is 57.4 Å². The van der Waals surface area contributed by atoms with E-state index in [0.29, 0.717) is 48.0 Å². The minimum atomic E-state index is -1.39. The van der Waals surface area contributed by atoms with E-state index in [0.717, 1.165) is 23.0 Å². The molecule has 0 aromatic heterocycles. The molecule has 0 saturated carbocycles. The van der Waals surface area contributed by atoms with Crippen LogP contribution >= 0.6 is 15.9 Å². The van der Waals surface area contributed by atoms with Crippen molar-refractivity contribution >= 4 is 33.4 Å². The first-order valence-corrected chi connectivity index (χ1v) is 14.6. The van der Waals surface area contributed by atoms with Crippen molar-refractivity contribution in [3.63, 3.8) is 0 Å². The van der Waals surface area contributed by atoms with Gasteiger partial charge in [0.25, 0.3) is 5.91 Å². The molecule has 220 valence electrons. The van der Waals surface area contributed by atoms with Gasteiger partial charge in [-0.2, -0.15) is 0 Å². The molecule has 0 saturated heterocycles. The fraction of sp³-hybridized carbons (Fsp3) is 0.355. The Morgan fingerprint density at radius 1 is 1.14 bits per heavy atom. The van der Waals surface area contributed by atoms with Crippen molar-refractivity contribution in [1.82, 2.24) is 10.2 Å². The van der Waals surface area contributed by atoms with E-state index < -0.39 is 11.6 Å². The molecule has 0 radical (unpaired) electrons. The first-order chi connectivity index (χ1) is 20.4. The van der Waals surface area contributed by atoms with Gasteiger partial charge in [-0.3, -0.25) is 4.79 Å². The second kappa shape index (κ2) is 14.8. The smallest absolute Gasteiger partial charge is 0.252 e. The normalized spacial score (nSPS) is 17.7. The van der Waals surface area contributed by atoms with Crippen LogP contribution in [-0.4, -0.2) is 67.7 Å². The van der Waals surface area contributed by atoms with Gasteiger partial charge in [-0.25, -0.2) is 4.99 Å². The number of halogens is 1. The highest BCUT2D eigenvalue weighted by molar-refractivity contribution is 9.10. The highest BCUT2D eigenvalue weighted by Crippen LogP contribution is 2.44. The molecule has 2 atom stereocenters. The largest absolute Gasteiger partial charge is 0.494 e. The molecule has 11 heteroatoms. The summed E-state index contributed by atoms with van der Waals surface area (Å²) < 4.78 is 13.1. The number of hydrogen-bond acceptors (Lipinski definition) is 7. The van der Waals surface area contributed by atoms with Gasteiger partial charge < -0.3 is 24.8 Å². The first kappa shape index (κ1) is 31.1. The molecule has 1 aliphatic heterocycles. The molecule has 10 nitrogen and oxygen atoms in total. The van der Waals surface area contributed by atoms with Crippen LogP contribution in [0.2, 0.25) is 0 Å². The molecular weight excluding hydrogens is 600 g/mol. The second-order valence-corrected chi connectivity index (χ2v) is 11.2. The molecule has 42 heavy (non-hydrogen) atoms. The fourth-order valence-electron chi connectivity index (χ4n) is 4.77. The molecule has 0 aliphatic carbocycles. The molecule has 0 spiro atoms. The average molecular weight is 636 g/mol. The lowest BCUT2D eigenvalue weighted by Gasteiger charge is -2.31. The maximum atomic E-state index is 14.2. The van der Waals surface area contributed by atoms with Crippen molar-refractivity contribution in [3.8, 4) is 5.75 Å². The van der Waals surface area contributed by atoms with Crippen LogP contribution in [0.3, 0.4) is 0 Å². The van der Waals surface area contributed by atoms with Crippen LogP contribution in [0.4, 0.5) is 5.69 Å².